The molecule has 0 fully saturated rings. The Morgan fingerprint density at radius 2 is 1.76 bits per heavy atom. The van der Waals surface area contributed by atoms with Crippen LogP contribution in [-0.4, -0.2) is 38.0 Å². The first-order valence-electron chi connectivity index (χ1n) is 10.3. The summed E-state index contributed by atoms with van der Waals surface area (Å²) in [6, 6.07) is 17.3. The molecule has 5 aromatic rings. The number of rotatable bonds is 4. The highest BCUT2D eigenvalue weighted by Crippen LogP contribution is 2.35. The maximum atomic E-state index is 13.5. The lowest BCUT2D eigenvalue weighted by molar-refractivity contribution is 0.171. The van der Waals surface area contributed by atoms with E-state index in [0.29, 0.717) is 42.0 Å². The molecular weight excluding hydrogens is 423 g/mol. The van der Waals surface area contributed by atoms with Gasteiger partial charge in [0.05, 0.1) is 16.8 Å². The maximum Gasteiger partial charge on any atom is 0.227 e. The first kappa shape index (κ1) is 19.2. The predicted octanol–water partition coefficient (Wildman–Crippen LogP) is 4.51. The van der Waals surface area contributed by atoms with Crippen LogP contribution in [0.1, 0.15) is 0 Å². The van der Waals surface area contributed by atoms with E-state index in [2.05, 4.69) is 20.5 Å². The van der Waals surface area contributed by atoms with Crippen LogP contribution in [0.2, 0.25) is 0 Å². The number of hydrogen-bond donors (Lipinski definition) is 1. The first-order valence-corrected chi connectivity index (χ1v) is 10.3. The number of hydrogen-bond acceptors (Lipinski definition) is 7. The third kappa shape index (κ3) is 3.59. The molecule has 3 aromatic heterocycles. The Labute approximate surface area is 187 Å². The van der Waals surface area contributed by atoms with Gasteiger partial charge >= 0.3 is 0 Å². The Morgan fingerprint density at radius 1 is 0.909 bits per heavy atom. The van der Waals surface area contributed by atoms with Gasteiger partial charge in [-0.3, -0.25) is 0 Å². The molecule has 4 heterocycles. The molecule has 1 aliphatic heterocycles. The quantitative estimate of drug-likeness (QED) is 0.440. The van der Waals surface area contributed by atoms with Gasteiger partial charge in [-0.2, -0.15) is 9.73 Å². The summed E-state index contributed by atoms with van der Waals surface area (Å²) >= 11 is 0. The summed E-state index contributed by atoms with van der Waals surface area (Å²) in [5.41, 5.74) is 4.40. The molecule has 0 unspecified atom stereocenters. The van der Waals surface area contributed by atoms with Crippen molar-refractivity contribution in [3.63, 3.8) is 0 Å². The molecule has 1 N–H and O–H groups in total. The summed E-state index contributed by atoms with van der Waals surface area (Å²) in [6.07, 6.45) is 3.34. The molecule has 0 bridgehead atoms. The standard InChI is InChI=1S/C24H17FN6O2/c25-16-5-3-15(4-6-16)23-22(19-2-1-10-27-31(19)30-23)18-9-11-26-24(29-18)28-17-7-8-20-21(14-17)33-13-12-32-20/h1-11,14H,12-13H2,(H,26,28,29). The second-order valence-corrected chi connectivity index (χ2v) is 7.38. The molecule has 0 spiro atoms. The third-order valence-corrected chi connectivity index (χ3v) is 5.25. The lowest BCUT2D eigenvalue weighted by atomic mass is 10.0. The zero-order valence-corrected chi connectivity index (χ0v) is 17.3. The van der Waals surface area contributed by atoms with Crippen molar-refractivity contribution >= 4 is 17.2 Å². The number of halogens is 1. The van der Waals surface area contributed by atoms with Crippen LogP contribution in [0.5, 0.6) is 11.5 Å². The lowest BCUT2D eigenvalue weighted by Crippen LogP contribution is -2.15. The van der Waals surface area contributed by atoms with E-state index in [-0.39, 0.29) is 5.82 Å². The second kappa shape index (κ2) is 7.86. The zero-order valence-electron chi connectivity index (χ0n) is 17.3. The minimum Gasteiger partial charge on any atom is -0.486 e. The highest BCUT2D eigenvalue weighted by Gasteiger charge is 2.19. The Balaban J connectivity index is 1.42. The van der Waals surface area contributed by atoms with Crippen molar-refractivity contribution in [3.8, 4) is 34.0 Å². The molecule has 0 amide bonds. The molecule has 0 saturated carbocycles. The molecule has 2 aromatic carbocycles. The van der Waals surface area contributed by atoms with Crippen LogP contribution in [0.15, 0.2) is 73.1 Å². The summed E-state index contributed by atoms with van der Waals surface area (Å²) in [7, 11) is 0. The number of fused-ring (bicyclic) bond motifs is 2. The van der Waals surface area contributed by atoms with E-state index >= 15 is 0 Å². The van der Waals surface area contributed by atoms with Gasteiger partial charge in [-0.05, 0) is 54.6 Å². The molecule has 0 radical (unpaired) electrons. The van der Waals surface area contributed by atoms with Crippen molar-refractivity contribution in [1.29, 1.82) is 0 Å². The topological polar surface area (TPSA) is 86.5 Å². The molecule has 8 nitrogen and oxygen atoms in total. The summed E-state index contributed by atoms with van der Waals surface area (Å²) in [6.45, 7) is 1.05. The van der Waals surface area contributed by atoms with Gasteiger partial charge in [-0.25, -0.2) is 14.4 Å². The first-order chi connectivity index (χ1) is 16.2. The summed E-state index contributed by atoms with van der Waals surface area (Å²) in [5, 5.41) is 12.2. The van der Waals surface area contributed by atoms with Crippen molar-refractivity contribution in [3.05, 3.63) is 78.9 Å². The molecule has 0 aliphatic carbocycles. The van der Waals surface area contributed by atoms with Gasteiger partial charge in [-0.1, -0.05) is 0 Å². The minimum atomic E-state index is -0.310. The third-order valence-electron chi connectivity index (χ3n) is 5.25. The van der Waals surface area contributed by atoms with E-state index in [1.807, 2.05) is 36.4 Å². The second-order valence-electron chi connectivity index (χ2n) is 7.38. The number of aromatic nitrogens is 5. The zero-order chi connectivity index (χ0) is 22.2. The largest absolute Gasteiger partial charge is 0.486 e. The van der Waals surface area contributed by atoms with Crippen molar-refractivity contribution in [2.75, 3.05) is 18.5 Å². The number of nitrogens with one attached hydrogen (secondary N) is 1. The van der Waals surface area contributed by atoms with Crippen LogP contribution >= 0.6 is 0 Å². The highest BCUT2D eigenvalue weighted by atomic mass is 19.1. The number of nitrogens with zero attached hydrogens (tertiary/aromatic N) is 5. The van der Waals surface area contributed by atoms with E-state index in [1.165, 1.54) is 12.1 Å². The number of ether oxygens (including phenoxy) is 2. The Kier molecular flexibility index (Phi) is 4.57. The monoisotopic (exact) mass is 440 g/mol. The van der Waals surface area contributed by atoms with Gasteiger partial charge in [-0.15, -0.1) is 5.10 Å². The van der Waals surface area contributed by atoms with Crippen LogP contribution in [0.25, 0.3) is 28.0 Å². The van der Waals surface area contributed by atoms with E-state index in [9.17, 15) is 4.39 Å². The predicted molar refractivity (Wildman–Crippen MR) is 120 cm³/mol. The maximum absolute atomic E-state index is 13.5. The highest BCUT2D eigenvalue weighted by molar-refractivity contribution is 5.90. The van der Waals surface area contributed by atoms with Gasteiger partial charge < -0.3 is 14.8 Å². The van der Waals surface area contributed by atoms with E-state index < -0.39 is 0 Å². The lowest BCUT2D eigenvalue weighted by Gasteiger charge is -2.19. The molecule has 33 heavy (non-hydrogen) atoms. The fourth-order valence-electron chi connectivity index (χ4n) is 3.76. The van der Waals surface area contributed by atoms with Crippen LogP contribution in [0.3, 0.4) is 0 Å². The van der Waals surface area contributed by atoms with Gasteiger partial charge in [0, 0.05) is 29.7 Å². The fourth-order valence-corrected chi connectivity index (χ4v) is 3.76. The van der Waals surface area contributed by atoms with Crippen molar-refractivity contribution < 1.29 is 13.9 Å². The van der Waals surface area contributed by atoms with Crippen LogP contribution in [0.4, 0.5) is 16.0 Å². The van der Waals surface area contributed by atoms with Crippen LogP contribution < -0.4 is 14.8 Å². The SMILES string of the molecule is Fc1ccc(-c2nn3ncccc3c2-c2ccnc(Nc3ccc4c(c3)OCCO4)n2)cc1. The van der Waals surface area contributed by atoms with E-state index in [1.54, 1.807) is 29.2 Å². The summed E-state index contributed by atoms with van der Waals surface area (Å²) in [5.74, 6) is 1.49. The normalized spacial score (nSPS) is 12.6. The molecule has 9 heteroatoms. The summed E-state index contributed by atoms with van der Waals surface area (Å²) in [4.78, 5) is 9.09. The average Bonchev–Trinajstić information content (AvgIpc) is 3.24. The number of anilines is 2. The van der Waals surface area contributed by atoms with Crippen molar-refractivity contribution in [1.82, 2.24) is 24.8 Å². The number of benzene rings is 2. The minimum absolute atomic E-state index is 0.310. The van der Waals surface area contributed by atoms with Crippen molar-refractivity contribution in [2.24, 2.45) is 0 Å². The Bertz CT molecular complexity index is 1470. The Hall–Kier alpha value is -4.53. The molecular formula is C24H17FN6O2. The van der Waals surface area contributed by atoms with E-state index in [0.717, 1.165) is 22.3 Å². The molecule has 0 atom stereocenters. The van der Waals surface area contributed by atoms with Crippen LogP contribution in [0, 0.1) is 5.82 Å². The molecule has 162 valence electrons. The van der Waals surface area contributed by atoms with Crippen LogP contribution in [-0.2, 0) is 0 Å². The van der Waals surface area contributed by atoms with Gasteiger partial charge in [0.1, 0.15) is 24.7 Å². The van der Waals surface area contributed by atoms with Crippen molar-refractivity contribution in [2.45, 2.75) is 0 Å². The smallest absolute Gasteiger partial charge is 0.227 e. The van der Waals surface area contributed by atoms with E-state index in [4.69, 9.17) is 14.5 Å². The van der Waals surface area contributed by atoms with Gasteiger partial charge in [0.25, 0.3) is 0 Å². The molecule has 1 aliphatic rings. The Morgan fingerprint density at radius 3 is 2.64 bits per heavy atom. The van der Waals surface area contributed by atoms with Gasteiger partial charge in [0.15, 0.2) is 11.5 Å². The molecule has 0 saturated heterocycles. The summed E-state index contributed by atoms with van der Waals surface area (Å²) < 4.78 is 26.3. The average molecular weight is 440 g/mol. The molecule has 6 rings (SSSR count). The van der Waals surface area contributed by atoms with Gasteiger partial charge in [0.2, 0.25) is 5.95 Å². The fraction of sp³-hybridized carbons (Fsp3) is 0.0833.